The number of thioether (sulfide) groups is 1. The lowest BCUT2D eigenvalue weighted by atomic mass is 10.1. The van der Waals surface area contributed by atoms with Crippen molar-refractivity contribution in [1.29, 1.82) is 0 Å². The van der Waals surface area contributed by atoms with E-state index in [4.69, 9.17) is 16.3 Å². The van der Waals surface area contributed by atoms with E-state index in [1.165, 1.54) is 11.8 Å². The molecule has 0 N–H and O–H groups in total. The molecule has 0 radical (unpaired) electrons. The van der Waals surface area contributed by atoms with Crippen LogP contribution >= 0.6 is 23.4 Å². The van der Waals surface area contributed by atoms with Crippen LogP contribution in [-0.4, -0.2) is 16.1 Å². The highest BCUT2D eigenvalue weighted by Crippen LogP contribution is 2.38. The molecule has 1 amide bonds. The molecular formula is C28H20ClN3O2S. The standard InChI is InChI=1S/C28H20ClN3O2S/c29-22-15-13-20(14-16-22)19-34-24-11-5-4-8-21(24)18-25-27(33)32(23-9-2-1-3-10-23)28(35-25)31-26-12-6-7-17-30-26/h1-18H,19H2/b25-18-,31-28+. The molecular weight excluding hydrogens is 478 g/mol. The highest BCUT2D eigenvalue weighted by Gasteiger charge is 2.35. The van der Waals surface area contributed by atoms with Crippen LogP contribution < -0.4 is 9.64 Å². The van der Waals surface area contributed by atoms with E-state index in [0.29, 0.717) is 33.3 Å². The van der Waals surface area contributed by atoms with Gasteiger partial charge in [-0.05, 0) is 65.9 Å². The average molecular weight is 498 g/mol. The van der Waals surface area contributed by atoms with Gasteiger partial charge in [-0.2, -0.15) is 0 Å². The van der Waals surface area contributed by atoms with Crippen LogP contribution in [0.5, 0.6) is 5.75 Å². The third-order valence-electron chi connectivity index (χ3n) is 5.19. The number of pyridine rings is 1. The van der Waals surface area contributed by atoms with Gasteiger partial charge in [0.05, 0.1) is 10.6 Å². The summed E-state index contributed by atoms with van der Waals surface area (Å²) in [6.45, 7) is 0.390. The van der Waals surface area contributed by atoms with Gasteiger partial charge in [0.15, 0.2) is 11.0 Å². The van der Waals surface area contributed by atoms with Gasteiger partial charge in [0.1, 0.15) is 12.4 Å². The van der Waals surface area contributed by atoms with Crippen LogP contribution in [0.1, 0.15) is 11.1 Å². The number of hydrogen-bond acceptors (Lipinski definition) is 5. The first-order chi connectivity index (χ1) is 17.2. The molecule has 3 aromatic carbocycles. The van der Waals surface area contributed by atoms with Crippen molar-refractivity contribution >= 4 is 52.0 Å². The largest absolute Gasteiger partial charge is 0.488 e. The Kier molecular flexibility index (Phi) is 6.93. The number of nitrogens with zero attached hydrogens (tertiary/aromatic N) is 3. The number of hydrogen-bond donors (Lipinski definition) is 0. The third-order valence-corrected chi connectivity index (χ3v) is 6.41. The number of ether oxygens (including phenoxy) is 1. The first-order valence-electron chi connectivity index (χ1n) is 10.9. The van der Waals surface area contributed by atoms with Crippen molar-refractivity contribution in [3.05, 3.63) is 124 Å². The second-order valence-corrected chi connectivity index (χ2v) is 9.07. The van der Waals surface area contributed by atoms with E-state index >= 15 is 0 Å². The summed E-state index contributed by atoms with van der Waals surface area (Å²) in [5.74, 6) is 1.07. The molecule has 0 aliphatic carbocycles. The van der Waals surface area contributed by atoms with Crippen LogP contribution in [0.15, 0.2) is 113 Å². The van der Waals surface area contributed by atoms with E-state index in [1.807, 2.05) is 103 Å². The number of aromatic nitrogens is 1. The van der Waals surface area contributed by atoms with Crippen LogP contribution in [0, 0.1) is 0 Å². The third kappa shape index (κ3) is 5.45. The number of carbonyl (C=O) groups excluding carboxylic acids is 1. The molecule has 5 nitrogen and oxygen atoms in total. The topological polar surface area (TPSA) is 54.8 Å². The van der Waals surface area contributed by atoms with E-state index in [0.717, 1.165) is 16.8 Å². The summed E-state index contributed by atoms with van der Waals surface area (Å²) in [4.78, 5) is 24.6. The van der Waals surface area contributed by atoms with E-state index in [-0.39, 0.29) is 5.91 Å². The number of carbonyl (C=O) groups is 1. The molecule has 0 unspecified atom stereocenters. The Bertz CT molecular complexity index is 1390. The zero-order valence-electron chi connectivity index (χ0n) is 18.5. The summed E-state index contributed by atoms with van der Waals surface area (Å²) in [6, 6.07) is 30.2. The number of rotatable bonds is 6. The maximum Gasteiger partial charge on any atom is 0.271 e. The van der Waals surface area contributed by atoms with Crippen molar-refractivity contribution in [2.24, 2.45) is 4.99 Å². The molecule has 172 valence electrons. The predicted molar refractivity (Wildman–Crippen MR) is 143 cm³/mol. The van der Waals surface area contributed by atoms with Gasteiger partial charge in [0, 0.05) is 16.8 Å². The van der Waals surface area contributed by atoms with Crippen molar-refractivity contribution in [3.63, 3.8) is 0 Å². The summed E-state index contributed by atoms with van der Waals surface area (Å²) in [7, 11) is 0. The Labute approximate surface area is 212 Å². The second kappa shape index (κ2) is 10.6. The zero-order valence-corrected chi connectivity index (χ0v) is 20.1. The number of amidine groups is 1. The lowest BCUT2D eigenvalue weighted by molar-refractivity contribution is -0.113. The number of anilines is 1. The monoisotopic (exact) mass is 497 g/mol. The minimum absolute atomic E-state index is 0.150. The number of amides is 1. The van der Waals surface area contributed by atoms with Crippen molar-refractivity contribution in [3.8, 4) is 5.75 Å². The molecule has 0 bridgehead atoms. The Morgan fingerprint density at radius 1 is 0.914 bits per heavy atom. The SMILES string of the molecule is O=C1/C(=C/c2ccccc2OCc2ccc(Cl)cc2)S/C(=N/c2ccccn2)N1c1ccccc1. The van der Waals surface area contributed by atoms with Gasteiger partial charge in [-0.25, -0.2) is 9.98 Å². The summed E-state index contributed by atoms with van der Waals surface area (Å²) in [5.41, 5.74) is 2.56. The van der Waals surface area contributed by atoms with Crippen LogP contribution in [0.2, 0.25) is 5.02 Å². The quantitative estimate of drug-likeness (QED) is 0.266. The summed E-state index contributed by atoms with van der Waals surface area (Å²) >= 11 is 7.29. The molecule has 1 fully saturated rings. The Balaban J connectivity index is 1.46. The van der Waals surface area contributed by atoms with Gasteiger partial charge in [0.2, 0.25) is 0 Å². The predicted octanol–water partition coefficient (Wildman–Crippen LogP) is 7.12. The zero-order chi connectivity index (χ0) is 24.0. The maximum absolute atomic E-state index is 13.5. The summed E-state index contributed by atoms with van der Waals surface area (Å²) < 4.78 is 6.08. The summed E-state index contributed by atoms with van der Waals surface area (Å²) in [5, 5.41) is 1.23. The molecule has 1 aliphatic heterocycles. The van der Waals surface area contributed by atoms with Crippen molar-refractivity contribution in [2.75, 3.05) is 4.90 Å². The van der Waals surface area contributed by atoms with Crippen LogP contribution in [0.4, 0.5) is 11.5 Å². The fourth-order valence-electron chi connectivity index (χ4n) is 3.49. The van der Waals surface area contributed by atoms with Gasteiger partial charge in [-0.15, -0.1) is 0 Å². The molecule has 7 heteroatoms. The first kappa shape index (κ1) is 22.9. The number of halogens is 1. The Morgan fingerprint density at radius 2 is 1.66 bits per heavy atom. The fourth-order valence-corrected chi connectivity index (χ4v) is 4.59. The van der Waals surface area contributed by atoms with Gasteiger partial charge in [0.25, 0.3) is 5.91 Å². The van der Waals surface area contributed by atoms with Gasteiger partial charge < -0.3 is 4.74 Å². The lowest BCUT2D eigenvalue weighted by Gasteiger charge is -2.15. The lowest BCUT2D eigenvalue weighted by Crippen LogP contribution is -2.28. The molecule has 0 saturated carbocycles. The molecule has 4 aromatic rings. The maximum atomic E-state index is 13.5. The van der Waals surface area contributed by atoms with Crippen LogP contribution in [0.3, 0.4) is 0 Å². The van der Waals surface area contributed by atoms with Gasteiger partial charge in [-0.1, -0.05) is 66.2 Å². The smallest absolute Gasteiger partial charge is 0.271 e. The molecule has 1 aliphatic rings. The van der Waals surface area contributed by atoms with E-state index in [9.17, 15) is 4.79 Å². The molecule has 0 atom stereocenters. The highest BCUT2D eigenvalue weighted by atomic mass is 35.5. The fraction of sp³-hybridized carbons (Fsp3) is 0.0357. The van der Waals surface area contributed by atoms with Crippen molar-refractivity contribution < 1.29 is 9.53 Å². The normalized spacial score (nSPS) is 15.7. The molecule has 1 saturated heterocycles. The second-order valence-electron chi connectivity index (χ2n) is 7.62. The average Bonchev–Trinajstić information content (AvgIpc) is 3.19. The Morgan fingerprint density at radius 3 is 2.43 bits per heavy atom. The van der Waals surface area contributed by atoms with E-state index in [1.54, 1.807) is 11.1 Å². The minimum Gasteiger partial charge on any atom is -0.488 e. The van der Waals surface area contributed by atoms with Gasteiger partial charge in [-0.3, -0.25) is 9.69 Å². The van der Waals surface area contributed by atoms with Gasteiger partial charge >= 0.3 is 0 Å². The number of aliphatic imine (C=N–C) groups is 1. The molecule has 5 rings (SSSR count). The van der Waals surface area contributed by atoms with E-state index < -0.39 is 0 Å². The summed E-state index contributed by atoms with van der Waals surface area (Å²) in [6.07, 6.45) is 3.53. The molecule has 35 heavy (non-hydrogen) atoms. The van der Waals surface area contributed by atoms with Crippen LogP contribution in [-0.2, 0) is 11.4 Å². The number of benzene rings is 3. The van der Waals surface area contributed by atoms with Crippen molar-refractivity contribution in [1.82, 2.24) is 4.98 Å². The molecule has 1 aromatic heterocycles. The number of para-hydroxylation sites is 2. The first-order valence-corrected chi connectivity index (χ1v) is 12.1. The molecule has 2 heterocycles. The highest BCUT2D eigenvalue weighted by molar-refractivity contribution is 8.19. The minimum atomic E-state index is -0.150. The Hall–Kier alpha value is -3.87. The van der Waals surface area contributed by atoms with E-state index in [2.05, 4.69) is 9.98 Å². The molecule has 0 spiro atoms. The van der Waals surface area contributed by atoms with Crippen LogP contribution in [0.25, 0.3) is 6.08 Å². The van der Waals surface area contributed by atoms with Crippen molar-refractivity contribution in [2.45, 2.75) is 6.61 Å².